The number of aryl methyl sites for hydroxylation is 8. The summed E-state index contributed by atoms with van der Waals surface area (Å²) < 4.78 is 19.7. The maximum atomic E-state index is 9.11. The standard InChI is InChI=1S/C24H28N8O.C23H25N7.C21H23N7O.C20H22N8/c1-30-16-20(13-27-30)18-4-3-5-19(12-18)23-26-15-22(21-14-28-31(2)17-21)24(29-23)25-6-7-32-8-10-33-11-9-32;1-29-11-10-21(28-29)20-14-24-22(27-23(20)26-19-8-3-4-9-19)17-7-5-6-16(12-17)18-13-25-30(2)15-18;1-27-13-17(10-24-27)15-5-3-6-16(9-15)20-23-12-19(18-11-25-28(2)14-18)21(26-20)22-7-4-8-29;1-27-12-16(9-24-27)14-4-3-5-15(8-14)19-23-11-18(17-10-25-28(2)13-17)20(26-19)22-7-6-21/h3-5,12-17H,6-11H2,1-2H3,(H,25,26,29);5-7,10-15,19H,3-4,8-9H2,1-2H3,(H,24,26,27);3,5-6,9-14,29H,4,7-8H2,1-2H3,(H,22,23,26);3-5,8-13H,6-7,21H2,1-2H3,(H,22,23,26). The van der Waals surface area contributed by atoms with Gasteiger partial charge in [-0.3, -0.25) is 42.4 Å². The Morgan fingerprint density at radius 2 is 0.708 bits per heavy atom. The Bertz CT molecular complexity index is 6060. The van der Waals surface area contributed by atoms with Gasteiger partial charge in [-0.05, 0) is 71.8 Å². The number of rotatable bonds is 25. The van der Waals surface area contributed by atoms with E-state index in [0.717, 1.165) is 174 Å². The SMILES string of the molecule is Cn1cc(-c2cccc(-c3ncc(-c4ccn(C)n4)c(NC4CCCC4)n3)c2)cn1.Cn1cc(-c2cccc(-c3ncc(-c4cnn(C)c4)c(NCCCO)n3)c2)cn1.Cn1cc(-c2cccc(-c3ncc(-c4cnn(C)c4)c(NCCN)n3)c2)cn1.Cn1cc(-c2cccc(-c3ncc(-c4cnn(C)c4)c(NCCN4CCOCC4)n3)c2)cn1. The number of ether oxygens (including phenoxy) is 1. The van der Waals surface area contributed by atoms with Gasteiger partial charge in [0.2, 0.25) is 0 Å². The molecule has 18 rings (SSSR count). The second-order valence-electron chi connectivity index (χ2n) is 29.6. The second kappa shape index (κ2) is 38.3. The van der Waals surface area contributed by atoms with Crippen molar-refractivity contribution in [3.05, 3.63) is 221 Å². The molecule has 32 heteroatoms. The van der Waals surface area contributed by atoms with Crippen molar-refractivity contribution < 1.29 is 9.84 Å². The summed E-state index contributed by atoms with van der Waals surface area (Å²) in [5.41, 5.74) is 25.5. The summed E-state index contributed by atoms with van der Waals surface area (Å²) in [5.74, 6) is 5.82. The minimum absolute atomic E-state index is 0.125. The van der Waals surface area contributed by atoms with E-state index in [2.05, 4.69) is 130 Å². The molecule has 1 aliphatic heterocycles. The molecule has 12 aromatic heterocycles. The van der Waals surface area contributed by atoms with Crippen LogP contribution in [0.3, 0.4) is 0 Å². The molecule has 1 saturated heterocycles. The zero-order valence-electron chi connectivity index (χ0n) is 68.6. The minimum atomic E-state index is 0.125. The summed E-state index contributed by atoms with van der Waals surface area (Å²) in [5, 5.41) is 57.4. The average molecular weight is 1610 g/mol. The van der Waals surface area contributed by atoms with E-state index >= 15 is 0 Å². The third-order valence-electron chi connectivity index (χ3n) is 20.4. The van der Waals surface area contributed by atoms with E-state index in [1.807, 2.05) is 221 Å². The van der Waals surface area contributed by atoms with E-state index in [9.17, 15) is 0 Å². The first-order chi connectivity index (χ1) is 58.6. The molecule has 1 aliphatic carbocycles. The number of hydrogen-bond acceptors (Lipinski definition) is 24. The largest absolute Gasteiger partial charge is 0.396 e. The van der Waals surface area contributed by atoms with Crippen molar-refractivity contribution in [3.63, 3.8) is 0 Å². The van der Waals surface area contributed by atoms with Crippen molar-refractivity contribution in [2.45, 2.75) is 38.1 Å². The average Bonchev–Trinajstić information content (AvgIpc) is 1.63. The van der Waals surface area contributed by atoms with Crippen molar-refractivity contribution >= 4 is 23.3 Å². The van der Waals surface area contributed by atoms with Crippen LogP contribution in [0.5, 0.6) is 0 Å². The van der Waals surface area contributed by atoms with E-state index in [1.165, 1.54) is 25.7 Å². The number of hydrogen-bond donors (Lipinski definition) is 6. The summed E-state index contributed by atoms with van der Waals surface area (Å²) in [6, 6.07) is 35.2. The summed E-state index contributed by atoms with van der Waals surface area (Å²) >= 11 is 0. The second-order valence-corrected chi connectivity index (χ2v) is 29.6. The normalized spacial score (nSPS) is 12.8. The molecular weight excluding hydrogens is 1510 g/mol. The predicted molar refractivity (Wildman–Crippen MR) is 467 cm³/mol. The number of nitrogens with two attached hydrogens (primary N) is 1. The topological polar surface area (TPSA) is 353 Å². The van der Waals surface area contributed by atoms with Gasteiger partial charge in [0.25, 0.3) is 0 Å². The number of aliphatic hydroxyl groups is 1. The molecular formula is C88H98N30O2. The number of nitrogens with one attached hydrogen (secondary N) is 4. The molecule has 0 atom stereocenters. The molecule has 0 unspecified atom stereocenters. The Morgan fingerprint density at radius 1 is 0.375 bits per heavy atom. The monoisotopic (exact) mass is 1610 g/mol. The van der Waals surface area contributed by atoms with E-state index in [1.54, 1.807) is 45.2 Å². The first-order valence-electron chi connectivity index (χ1n) is 40.0. The van der Waals surface area contributed by atoms with Crippen LogP contribution in [0.15, 0.2) is 221 Å². The van der Waals surface area contributed by atoms with Crippen LogP contribution in [-0.2, 0) is 61.1 Å². The molecule has 7 N–H and O–H groups in total. The summed E-state index contributed by atoms with van der Waals surface area (Å²) in [6.07, 6.45) is 41.6. The molecule has 0 amide bonds. The maximum Gasteiger partial charge on any atom is 0.161 e. The quantitative estimate of drug-likeness (QED) is 0.0289. The van der Waals surface area contributed by atoms with Crippen molar-refractivity contribution in [2.24, 2.45) is 62.1 Å². The smallest absolute Gasteiger partial charge is 0.161 e. The van der Waals surface area contributed by atoms with Gasteiger partial charge < -0.3 is 36.8 Å². The highest BCUT2D eigenvalue weighted by atomic mass is 16.5. The molecule has 2 fully saturated rings. The molecule has 16 aromatic rings. The number of nitrogens with zero attached hydrogens (tertiary/aromatic N) is 25. The molecule has 120 heavy (non-hydrogen) atoms. The van der Waals surface area contributed by atoms with Crippen LogP contribution >= 0.6 is 0 Å². The van der Waals surface area contributed by atoms with E-state index in [-0.39, 0.29) is 6.61 Å². The van der Waals surface area contributed by atoms with Gasteiger partial charge in [0.15, 0.2) is 23.3 Å². The highest BCUT2D eigenvalue weighted by Crippen LogP contribution is 2.36. The molecule has 1 saturated carbocycles. The third-order valence-corrected chi connectivity index (χ3v) is 20.4. The fourth-order valence-electron chi connectivity index (χ4n) is 14.2. The van der Waals surface area contributed by atoms with Crippen LogP contribution in [0, 0.1) is 0 Å². The Balaban J connectivity index is 0.000000125. The number of anilines is 4. The van der Waals surface area contributed by atoms with Crippen molar-refractivity contribution in [2.75, 3.05) is 86.9 Å². The van der Waals surface area contributed by atoms with Crippen molar-refractivity contribution in [3.8, 4) is 135 Å². The fraction of sp³-hybridized carbons (Fsp3) is 0.273. The minimum Gasteiger partial charge on any atom is -0.396 e. The number of benzene rings is 4. The Hall–Kier alpha value is -14.1. The van der Waals surface area contributed by atoms with Crippen LogP contribution in [0.4, 0.5) is 23.3 Å². The van der Waals surface area contributed by atoms with E-state index in [0.29, 0.717) is 55.4 Å². The van der Waals surface area contributed by atoms with Gasteiger partial charge in [-0.25, -0.2) is 39.9 Å². The van der Waals surface area contributed by atoms with Gasteiger partial charge in [0, 0.05) is 267 Å². The van der Waals surface area contributed by atoms with Crippen molar-refractivity contribution in [1.29, 1.82) is 0 Å². The lowest BCUT2D eigenvalue weighted by Crippen LogP contribution is -2.39. The lowest BCUT2D eigenvalue weighted by molar-refractivity contribution is 0.0398. The Labute approximate surface area is 695 Å². The van der Waals surface area contributed by atoms with Crippen LogP contribution in [-0.4, -0.2) is 200 Å². The predicted octanol–water partition coefficient (Wildman–Crippen LogP) is 12.0. The molecule has 0 radical (unpaired) electrons. The number of aromatic nitrogens is 24. The first kappa shape index (κ1) is 81.1. The van der Waals surface area contributed by atoms with E-state index < -0.39 is 0 Å². The summed E-state index contributed by atoms with van der Waals surface area (Å²) in [7, 11) is 15.2. The Morgan fingerprint density at radius 3 is 1.04 bits per heavy atom. The van der Waals surface area contributed by atoms with Gasteiger partial charge in [-0.2, -0.15) is 40.8 Å². The van der Waals surface area contributed by atoms with Gasteiger partial charge >= 0.3 is 0 Å². The first-order valence-corrected chi connectivity index (χ1v) is 40.0. The molecule has 32 nitrogen and oxygen atoms in total. The summed E-state index contributed by atoms with van der Waals surface area (Å²) in [6.45, 7) is 7.14. The zero-order chi connectivity index (χ0) is 82.9. The third kappa shape index (κ3) is 20.5. The Kier molecular flexibility index (Phi) is 25.9. The van der Waals surface area contributed by atoms with Gasteiger partial charge in [-0.15, -0.1) is 0 Å². The molecule has 13 heterocycles. The summed E-state index contributed by atoms with van der Waals surface area (Å²) in [4.78, 5) is 40.4. The highest BCUT2D eigenvalue weighted by molar-refractivity contribution is 5.81. The van der Waals surface area contributed by atoms with Crippen LogP contribution in [0.25, 0.3) is 135 Å². The van der Waals surface area contributed by atoms with Crippen LogP contribution in [0.2, 0.25) is 0 Å². The van der Waals surface area contributed by atoms with E-state index in [4.69, 9.17) is 40.5 Å². The lowest BCUT2D eigenvalue weighted by atomic mass is 10.1. The molecule has 612 valence electrons. The van der Waals surface area contributed by atoms with Crippen LogP contribution in [0.1, 0.15) is 32.1 Å². The van der Waals surface area contributed by atoms with Gasteiger partial charge in [-0.1, -0.05) is 85.6 Å². The highest BCUT2D eigenvalue weighted by Gasteiger charge is 2.23. The van der Waals surface area contributed by atoms with Crippen LogP contribution < -0.4 is 27.0 Å². The number of morpholine rings is 1. The molecule has 0 bridgehead atoms. The fourth-order valence-corrected chi connectivity index (χ4v) is 14.2. The maximum absolute atomic E-state index is 9.11. The molecule has 0 spiro atoms. The number of aliphatic hydroxyl groups excluding tert-OH is 1. The van der Waals surface area contributed by atoms with Crippen molar-refractivity contribution in [1.82, 2.24) is 123 Å². The van der Waals surface area contributed by atoms with Gasteiger partial charge in [0.1, 0.15) is 23.3 Å². The molecule has 2 aliphatic rings. The molecule has 4 aromatic carbocycles. The lowest BCUT2D eigenvalue weighted by Gasteiger charge is -2.26. The zero-order valence-corrected chi connectivity index (χ0v) is 68.6. The van der Waals surface area contributed by atoms with Gasteiger partial charge in [0.05, 0.1) is 67.8 Å².